The number of amides is 1. The summed E-state index contributed by atoms with van der Waals surface area (Å²) in [5, 5.41) is 4.32. The molecule has 0 aromatic heterocycles. The number of likely N-dealkylation sites (tertiary alicyclic amines) is 1. The van der Waals surface area contributed by atoms with Crippen molar-refractivity contribution in [1.82, 2.24) is 10.2 Å². The number of thioether (sulfide) groups is 1. The Morgan fingerprint density at radius 2 is 2.16 bits per heavy atom. The van der Waals surface area contributed by atoms with Crippen molar-refractivity contribution >= 4 is 22.8 Å². The molecule has 106 valence electrons. The minimum atomic E-state index is -0.137. The number of hydrogen-bond acceptors (Lipinski definition) is 4. The first-order valence-corrected chi connectivity index (χ1v) is 8.48. The first-order chi connectivity index (χ1) is 9.24. The number of nitrogens with one attached hydrogen (secondary N) is 1. The summed E-state index contributed by atoms with van der Waals surface area (Å²) in [4.78, 5) is 19.0. The zero-order valence-corrected chi connectivity index (χ0v) is 12.4. The zero-order chi connectivity index (χ0) is 13.2. The summed E-state index contributed by atoms with van der Waals surface area (Å²) in [7, 11) is 0. The van der Waals surface area contributed by atoms with E-state index in [1.807, 2.05) is 11.8 Å². The van der Waals surface area contributed by atoms with Gasteiger partial charge in [0.15, 0.2) is 5.17 Å². The molecule has 2 aliphatic heterocycles. The van der Waals surface area contributed by atoms with Crippen LogP contribution in [0.1, 0.15) is 39.0 Å². The fraction of sp³-hybridized carbons (Fsp3) is 0.857. The molecule has 3 aliphatic rings. The summed E-state index contributed by atoms with van der Waals surface area (Å²) < 4.78 is 0. The molecule has 0 spiro atoms. The number of aliphatic imine (C=N–C) groups is 1. The van der Waals surface area contributed by atoms with Crippen molar-refractivity contribution in [2.75, 3.05) is 18.8 Å². The van der Waals surface area contributed by atoms with E-state index in [0.29, 0.717) is 6.04 Å². The first-order valence-electron chi connectivity index (χ1n) is 7.50. The van der Waals surface area contributed by atoms with Crippen LogP contribution in [-0.2, 0) is 4.79 Å². The lowest BCUT2D eigenvalue weighted by Crippen LogP contribution is -2.46. The van der Waals surface area contributed by atoms with E-state index in [2.05, 4.69) is 5.32 Å². The number of hydrogen-bond donors (Lipinski definition) is 1. The molecule has 5 heteroatoms. The smallest absolute Gasteiger partial charge is 0.244 e. The van der Waals surface area contributed by atoms with Crippen molar-refractivity contribution in [3.8, 4) is 0 Å². The highest BCUT2D eigenvalue weighted by Gasteiger charge is 2.32. The fourth-order valence-corrected chi connectivity index (χ4v) is 4.52. The van der Waals surface area contributed by atoms with E-state index in [9.17, 15) is 4.79 Å². The third-order valence-electron chi connectivity index (χ3n) is 4.46. The van der Waals surface area contributed by atoms with Gasteiger partial charge < -0.3 is 10.2 Å². The van der Waals surface area contributed by atoms with Gasteiger partial charge in [0, 0.05) is 18.8 Å². The number of rotatable bonds is 2. The molecule has 0 aromatic carbocycles. The van der Waals surface area contributed by atoms with Gasteiger partial charge in [-0.05, 0) is 38.5 Å². The van der Waals surface area contributed by atoms with E-state index < -0.39 is 0 Å². The molecule has 0 radical (unpaired) electrons. The van der Waals surface area contributed by atoms with Crippen LogP contribution in [0.2, 0.25) is 0 Å². The molecule has 1 aliphatic carbocycles. The Labute approximate surface area is 119 Å². The van der Waals surface area contributed by atoms with Gasteiger partial charge in [-0.25, -0.2) is 0 Å². The van der Waals surface area contributed by atoms with Crippen molar-refractivity contribution in [2.24, 2.45) is 10.9 Å². The van der Waals surface area contributed by atoms with E-state index in [0.717, 1.165) is 37.0 Å². The Kier molecular flexibility index (Phi) is 4.01. The SMILES string of the molecule is CC(NC1=NC2CCCC2CS1)C(=O)N1CCCC1. The first kappa shape index (κ1) is 13.3. The maximum Gasteiger partial charge on any atom is 0.244 e. The Balaban J connectivity index is 1.56. The summed E-state index contributed by atoms with van der Waals surface area (Å²) in [5.41, 5.74) is 0. The van der Waals surface area contributed by atoms with E-state index in [-0.39, 0.29) is 11.9 Å². The van der Waals surface area contributed by atoms with Gasteiger partial charge in [-0.2, -0.15) is 0 Å². The largest absolute Gasteiger partial charge is 0.353 e. The van der Waals surface area contributed by atoms with E-state index >= 15 is 0 Å². The van der Waals surface area contributed by atoms with Gasteiger partial charge in [0.05, 0.1) is 6.04 Å². The predicted molar refractivity (Wildman–Crippen MR) is 79.4 cm³/mol. The molecule has 3 atom stereocenters. The van der Waals surface area contributed by atoms with Gasteiger partial charge in [0.2, 0.25) is 5.91 Å². The van der Waals surface area contributed by atoms with Crippen molar-refractivity contribution in [3.63, 3.8) is 0 Å². The van der Waals surface area contributed by atoms with Crippen molar-refractivity contribution < 1.29 is 4.79 Å². The zero-order valence-electron chi connectivity index (χ0n) is 11.6. The maximum absolute atomic E-state index is 12.2. The van der Waals surface area contributed by atoms with E-state index in [1.54, 1.807) is 11.8 Å². The standard InChI is InChI=1S/C14H23N3OS/c1-10(13(18)17-7-2-3-8-17)15-14-16-12-6-4-5-11(12)9-19-14/h10-12H,2-9H2,1H3,(H,15,16). The molecule has 1 saturated carbocycles. The highest BCUT2D eigenvalue weighted by molar-refractivity contribution is 8.13. The van der Waals surface area contributed by atoms with Gasteiger partial charge in [-0.3, -0.25) is 9.79 Å². The van der Waals surface area contributed by atoms with E-state index in [4.69, 9.17) is 4.99 Å². The summed E-state index contributed by atoms with van der Waals surface area (Å²) in [5.74, 6) is 2.18. The second kappa shape index (κ2) is 5.73. The van der Waals surface area contributed by atoms with Crippen LogP contribution in [0, 0.1) is 5.92 Å². The van der Waals surface area contributed by atoms with Crippen LogP contribution in [0.25, 0.3) is 0 Å². The number of nitrogens with zero attached hydrogens (tertiary/aromatic N) is 2. The third-order valence-corrected chi connectivity index (χ3v) is 5.56. The molecule has 1 amide bonds. The Hall–Kier alpha value is -0.710. The number of fused-ring (bicyclic) bond motifs is 1. The molecular formula is C14H23N3OS. The van der Waals surface area contributed by atoms with Crippen LogP contribution in [0.4, 0.5) is 0 Å². The highest BCUT2D eigenvalue weighted by Crippen LogP contribution is 2.35. The Bertz CT molecular complexity index is 379. The van der Waals surface area contributed by atoms with Crippen LogP contribution >= 0.6 is 11.8 Å². The van der Waals surface area contributed by atoms with Gasteiger partial charge in [0.1, 0.15) is 6.04 Å². The van der Waals surface area contributed by atoms with Gasteiger partial charge in [-0.15, -0.1) is 0 Å². The average Bonchev–Trinajstić information content (AvgIpc) is 3.08. The molecule has 0 bridgehead atoms. The molecule has 19 heavy (non-hydrogen) atoms. The molecule has 3 rings (SSSR count). The fourth-order valence-electron chi connectivity index (χ4n) is 3.29. The van der Waals surface area contributed by atoms with E-state index in [1.165, 1.54) is 25.0 Å². The van der Waals surface area contributed by atoms with Gasteiger partial charge in [0.25, 0.3) is 0 Å². The Morgan fingerprint density at radius 1 is 1.37 bits per heavy atom. The third kappa shape index (κ3) is 2.91. The molecule has 0 aromatic rings. The lowest BCUT2D eigenvalue weighted by atomic mass is 10.1. The molecule has 1 saturated heterocycles. The molecular weight excluding hydrogens is 258 g/mol. The van der Waals surface area contributed by atoms with Gasteiger partial charge >= 0.3 is 0 Å². The van der Waals surface area contributed by atoms with Crippen molar-refractivity contribution in [3.05, 3.63) is 0 Å². The monoisotopic (exact) mass is 281 g/mol. The summed E-state index contributed by atoms with van der Waals surface area (Å²) in [6.07, 6.45) is 6.17. The lowest BCUT2D eigenvalue weighted by molar-refractivity contribution is -0.131. The molecule has 4 nitrogen and oxygen atoms in total. The number of carbonyl (C=O) groups is 1. The van der Waals surface area contributed by atoms with Crippen LogP contribution < -0.4 is 5.32 Å². The Morgan fingerprint density at radius 3 is 2.95 bits per heavy atom. The summed E-state index contributed by atoms with van der Waals surface area (Å²) >= 11 is 1.80. The van der Waals surface area contributed by atoms with Crippen LogP contribution in [0.3, 0.4) is 0 Å². The second-order valence-corrected chi connectivity index (χ2v) is 6.91. The quantitative estimate of drug-likeness (QED) is 0.840. The molecule has 3 unspecified atom stereocenters. The van der Waals surface area contributed by atoms with Crippen LogP contribution in [0.15, 0.2) is 4.99 Å². The normalized spacial score (nSPS) is 31.8. The average molecular weight is 281 g/mol. The molecule has 2 fully saturated rings. The second-order valence-electron chi connectivity index (χ2n) is 5.90. The summed E-state index contributed by atoms with van der Waals surface area (Å²) in [6, 6.07) is 0.375. The molecule has 1 N–H and O–H groups in total. The maximum atomic E-state index is 12.2. The minimum Gasteiger partial charge on any atom is -0.353 e. The van der Waals surface area contributed by atoms with Crippen LogP contribution in [0.5, 0.6) is 0 Å². The highest BCUT2D eigenvalue weighted by atomic mass is 32.2. The number of carbonyl (C=O) groups excluding carboxylic acids is 1. The van der Waals surface area contributed by atoms with Crippen LogP contribution in [-0.4, -0.2) is 46.9 Å². The minimum absolute atomic E-state index is 0.137. The summed E-state index contributed by atoms with van der Waals surface area (Å²) in [6.45, 7) is 3.81. The molecule has 2 heterocycles. The topological polar surface area (TPSA) is 44.7 Å². The lowest BCUT2D eigenvalue weighted by Gasteiger charge is -2.27. The number of amidine groups is 1. The van der Waals surface area contributed by atoms with Crippen molar-refractivity contribution in [2.45, 2.75) is 51.1 Å². The predicted octanol–water partition coefficient (Wildman–Crippen LogP) is 1.86. The van der Waals surface area contributed by atoms with Gasteiger partial charge in [-0.1, -0.05) is 18.2 Å². The van der Waals surface area contributed by atoms with Crippen molar-refractivity contribution in [1.29, 1.82) is 0 Å².